The number of anilines is 1. The van der Waals surface area contributed by atoms with Crippen molar-refractivity contribution in [1.29, 1.82) is 0 Å². The molecule has 37 heavy (non-hydrogen) atoms. The van der Waals surface area contributed by atoms with Crippen molar-refractivity contribution in [2.45, 2.75) is 38.7 Å². The van der Waals surface area contributed by atoms with Crippen LogP contribution in [0, 0.1) is 11.8 Å². The lowest BCUT2D eigenvalue weighted by atomic mass is 9.85. The van der Waals surface area contributed by atoms with Crippen LogP contribution in [-0.2, 0) is 16.1 Å². The van der Waals surface area contributed by atoms with Gasteiger partial charge in [-0.1, -0.05) is 72.8 Å². The minimum atomic E-state index is -0.259. The predicted molar refractivity (Wildman–Crippen MR) is 152 cm³/mol. The van der Waals surface area contributed by atoms with Crippen molar-refractivity contribution in [2.75, 3.05) is 11.9 Å². The summed E-state index contributed by atoms with van der Waals surface area (Å²) in [5, 5.41) is 3.07. The van der Waals surface area contributed by atoms with Gasteiger partial charge in [-0.05, 0) is 80.0 Å². The molecule has 1 aliphatic carbocycles. The van der Waals surface area contributed by atoms with Crippen LogP contribution in [0.2, 0.25) is 0 Å². The van der Waals surface area contributed by atoms with E-state index in [0.717, 1.165) is 54.9 Å². The van der Waals surface area contributed by atoms with E-state index < -0.39 is 0 Å². The van der Waals surface area contributed by atoms with Crippen LogP contribution in [0.25, 0.3) is 0 Å². The summed E-state index contributed by atoms with van der Waals surface area (Å²) >= 11 is 0. The van der Waals surface area contributed by atoms with E-state index in [4.69, 9.17) is 9.47 Å². The Balaban J connectivity index is 0.00000253. The Bertz CT molecular complexity index is 1130. The lowest BCUT2D eigenvalue weighted by Crippen LogP contribution is -2.27. The smallest absolute Gasteiger partial charge is 0.229 e. The van der Waals surface area contributed by atoms with Crippen LogP contribution >= 0.6 is 0 Å². The highest BCUT2D eigenvalue weighted by molar-refractivity contribution is 5.92. The van der Waals surface area contributed by atoms with Crippen LogP contribution in [0.15, 0.2) is 109 Å². The monoisotopic (exact) mass is 501 g/mol. The summed E-state index contributed by atoms with van der Waals surface area (Å²) in [6.45, 7) is 5.20. The highest BCUT2D eigenvalue weighted by Gasteiger charge is 2.21. The maximum absolute atomic E-state index is 13.3. The molecule has 0 aromatic heterocycles. The number of hydrogen-bond donors (Lipinski definition) is 1. The number of hydrogen-bond acceptors (Lipinski definition) is 3. The van der Waals surface area contributed by atoms with Gasteiger partial charge in [-0.3, -0.25) is 4.79 Å². The molecule has 0 bridgehead atoms. The van der Waals surface area contributed by atoms with E-state index in [9.17, 15) is 4.79 Å². The molecule has 5 heteroatoms. The number of carbonyl (C=O) groups excluding carboxylic acids is 1. The van der Waals surface area contributed by atoms with Crippen LogP contribution in [0.3, 0.4) is 0 Å². The van der Waals surface area contributed by atoms with Gasteiger partial charge in [0.1, 0.15) is 11.5 Å². The third-order valence-corrected chi connectivity index (χ3v) is 6.56. The SMILES string of the molecule is C=C(CCC(COCc1ccccc1)C(=O)Nc1ccc(Oc2ccccc2)cc1)C1CC=CCC1.O.[HH]. The fourth-order valence-electron chi connectivity index (χ4n) is 4.39. The molecular formula is C32H39NO4. The van der Waals surface area contributed by atoms with Crippen molar-refractivity contribution in [3.63, 3.8) is 0 Å². The summed E-state index contributed by atoms with van der Waals surface area (Å²) in [4.78, 5) is 13.3. The molecule has 0 saturated carbocycles. The van der Waals surface area contributed by atoms with Crippen LogP contribution in [0.5, 0.6) is 11.5 Å². The minimum Gasteiger partial charge on any atom is -0.457 e. The standard InChI is InChI=1S/C32H35NO3.H2O.H2/c1-25(27-13-7-3-8-14-27)17-18-28(24-35-23-26-11-5-2-6-12-26)32(34)33-29-19-21-31(22-20-29)36-30-15-9-4-10-16-30;;/h2-7,9-12,15-16,19-22,27-28H,1,8,13-14,17-18,23-24H2,(H,33,34);1H2;1H. The first-order valence-corrected chi connectivity index (χ1v) is 12.8. The highest BCUT2D eigenvalue weighted by Crippen LogP contribution is 2.29. The lowest BCUT2D eigenvalue weighted by molar-refractivity contribution is -0.122. The largest absolute Gasteiger partial charge is 0.457 e. The number of para-hydroxylation sites is 1. The van der Waals surface area contributed by atoms with Crippen LogP contribution < -0.4 is 10.1 Å². The normalized spacial score (nSPS) is 15.3. The number of rotatable bonds is 12. The number of benzene rings is 3. The highest BCUT2D eigenvalue weighted by atomic mass is 16.5. The molecule has 3 aromatic carbocycles. The van der Waals surface area contributed by atoms with Gasteiger partial charge in [-0.15, -0.1) is 0 Å². The summed E-state index contributed by atoms with van der Waals surface area (Å²) in [5.74, 6) is 1.72. The van der Waals surface area contributed by atoms with Crippen molar-refractivity contribution in [3.05, 3.63) is 115 Å². The first-order chi connectivity index (χ1) is 17.7. The van der Waals surface area contributed by atoms with Gasteiger partial charge in [0.05, 0.1) is 19.1 Å². The molecule has 0 heterocycles. The second-order valence-electron chi connectivity index (χ2n) is 9.30. The average molecular weight is 502 g/mol. The van der Waals surface area contributed by atoms with Gasteiger partial charge in [-0.2, -0.15) is 0 Å². The molecule has 4 rings (SSSR count). The van der Waals surface area contributed by atoms with E-state index in [-0.39, 0.29) is 18.7 Å². The molecule has 196 valence electrons. The summed E-state index contributed by atoms with van der Waals surface area (Å²) in [6, 6.07) is 27.1. The number of ether oxygens (including phenoxy) is 2. The van der Waals surface area contributed by atoms with E-state index in [2.05, 4.69) is 24.0 Å². The summed E-state index contributed by atoms with van der Waals surface area (Å²) in [7, 11) is 0. The van der Waals surface area contributed by atoms with Crippen LogP contribution in [0.4, 0.5) is 5.69 Å². The van der Waals surface area contributed by atoms with E-state index in [1.807, 2.05) is 84.9 Å². The molecule has 0 aliphatic heterocycles. The summed E-state index contributed by atoms with van der Waals surface area (Å²) in [5.41, 5.74) is 3.08. The predicted octanol–water partition coefficient (Wildman–Crippen LogP) is 7.36. The van der Waals surface area contributed by atoms with Crippen molar-refractivity contribution in [3.8, 4) is 11.5 Å². The van der Waals surface area contributed by atoms with E-state index in [1.165, 1.54) is 5.57 Å². The number of amides is 1. The Hall–Kier alpha value is -3.67. The van der Waals surface area contributed by atoms with E-state index in [0.29, 0.717) is 19.1 Å². The Kier molecular flexibility index (Phi) is 11.2. The van der Waals surface area contributed by atoms with Gasteiger partial charge in [0.2, 0.25) is 5.91 Å². The summed E-state index contributed by atoms with van der Waals surface area (Å²) < 4.78 is 11.8. The van der Waals surface area contributed by atoms with Gasteiger partial charge >= 0.3 is 0 Å². The van der Waals surface area contributed by atoms with Crippen molar-refractivity contribution in [2.24, 2.45) is 11.8 Å². The average Bonchev–Trinajstić information content (AvgIpc) is 2.93. The third-order valence-electron chi connectivity index (χ3n) is 6.56. The molecular weight excluding hydrogens is 462 g/mol. The zero-order valence-electron chi connectivity index (χ0n) is 21.3. The number of nitrogens with one attached hydrogen (secondary N) is 1. The van der Waals surface area contributed by atoms with E-state index >= 15 is 0 Å². The second kappa shape index (κ2) is 14.8. The van der Waals surface area contributed by atoms with Crippen LogP contribution in [0.1, 0.15) is 39.1 Å². The van der Waals surface area contributed by atoms with Gasteiger partial charge in [0, 0.05) is 7.11 Å². The molecule has 1 amide bonds. The van der Waals surface area contributed by atoms with Crippen molar-refractivity contribution < 1.29 is 21.2 Å². The number of carbonyl (C=O) groups is 1. The number of allylic oxidation sites excluding steroid dienone is 3. The zero-order chi connectivity index (χ0) is 25.0. The van der Waals surface area contributed by atoms with Gasteiger partial charge in [-0.25, -0.2) is 0 Å². The molecule has 0 fully saturated rings. The molecule has 0 saturated heterocycles. The first-order valence-electron chi connectivity index (χ1n) is 12.8. The lowest BCUT2D eigenvalue weighted by Gasteiger charge is -2.23. The Morgan fingerprint density at radius 1 is 0.946 bits per heavy atom. The van der Waals surface area contributed by atoms with Gasteiger partial charge in [0.15, 0.2) is 0 Å². The van der Waals surface area contributed by atoms with Gasteiger partial charge in [0.25, 0.3) is 0 Å². The van der Waals surface area contributed by atoms with Crippen molar-refractivity contribution in [1.82, 2.24) is 0 Å². The maximum atomic E-state index is 13.3. The fraction of sp³-hybridized carbons (Fsp3) is 0.281. The third kappa shape index (κ3) is 9.05. The molecule has 2 atom stereocenters. The molecule has 0 spiro atoms. The topological polar surface area (TPSA) is 79.1 Å². The molecule has 3 aromatic rings. The minimum absolute atomic E-state index is 0. The Labute approximate surface area is 221 Å². The molecule has 2 unspecified atom stereocenters. The van der Waals surface area contributed by atoms with E-state index in [1.54, 1.807) is 0 Å². The second-order valence-corrected chi connectivity index (χ2v) is 9.30. The first kappa shape index (κ1) is 27.9. The molecule has 5 nitrogen and oxygen atoms in total. The molecule has 3 N–H and O–H groups in total. The maximum Gasteiger partial charge on any atom is 0.229 e. The summed E-state index contributed by atoms with van der Waals surface area (Å²) in [6.07, 6.45) is 9.35. The quantitative estimate of drug-likeness (QED) is 0.263. The van der Waals surface area contributed by atoms with Crippen LogP contribution in [-0.4, -0.2) is 18.0 Å². The van der Waals surface area contributed by atoms with Crippen molar-refractivity contribution >= 4 is 11.6 Å². The molecule has 0 radical (unpaired) electrons. The Morgan fingerprint density at radius 2 is 1.62 bits per heavy atom. The van der Waals surface area contributed by atoms with Gasteiger partial charge < -0.3 is 20.3 Å². The Morgan fingerprint density at radius 3 is 2.30 bits per heavy atom. The molecule has 1 aliphatic rings. The fourth-order valence-corrected chi connectivity index (χ4v) is 4.39. The zero-order valence-corrected chi connectivity index (χ0v) is 21.3.